The van der Waals surface area contributed by atoms with Gasteiger partial charge in [-0.25, -0.2) is 11.3 Å². The normalized spacial score (nSPS) is 17.2. The second-order valence-electron chi connectivity index (χ2n) is 11.8. The molecule has 2 aromatic rings. The smallest absolute Gasteiger partial charge is 0.294 e. The number of hydroxylamine groups is 1. The molecule has 1 fully saturated rings. The summed E-state index contributed by atoms with van der Waals surface area (Å²) in [7, 11) is -4.02. The van der Waals surface area contributed by atoms with Crippen LogP contribution in [0.4, 0.5) is 0 Å². The highest BCUT2D eigenvalue weighted by Crippen LogP contribution is 2.51. The minimum atomic E-state index is -4.02. The molecule has 0 bridgehead atoms. The summed E-state index contributed by atoms with van der Waals surface area (Å²) in [5, 5.41) is 9.73. The average Bonchev–Trinajstić information content (AvgIpc) is 3.53. The molecule has 8 N–H and O–H groups in total. The Morgan fingerprint density at radius 2 is 1.57 bits per heavy atom. The van der Waals surface area contributed by atoms with Crippen LogP contribution in [0.15, 0.2) is 65.6 Å². The molecular weight excluding hydrogens is 584 g/mol. The number of rotatable bonds is 12. The van der Waals surface area contributed by atoms with Gasteiger partial charge in [0.25, 0.3) is 10.1 Å². The van der Waals surface area contributed by atoms with Gasteiger partial charge in [-0.3, -0.25) is 29.6 Å². The van der Waals surface area contributed by atoms with E-state index in [-0.39, 0.29) is 22.5 Å². The lowest BCUT2D eigenvalue weighted by molar-refractivity contribution is -0.153. The summed E-state index contributed by atoms with van der Waals surface area (Å²) in [6.07, 6.45) is 7.11. The van der Waals surface area contributed by atoms with Gasteiger partial charge < -0.3 is 5.73 Å². The summed E-state index contributed by atoms with van der Waals surface area (Å²) in [6.45, 7) is 7.29. The average molecular weight is 631 g/mol. The Kier molecular flexibility index (Phi) is 13.9. The van der Waals surface area contributed by atoms with Gasteiger partial charge in [0, 0.05) is 0 Å². The maximum Gasteiger partial charge on any atom is 0.294 e. The van der Waals surface area contributed by atoms with Gasteiger partial charge in [0.1, 0.15) is 0 Å². The monoisotopic (exact) mass is 630 g/mol. The van der Waals surface area contributed by atoms with Crippen molar-refractivity contribution in [3.8, 4) is 0 Å². The molecule has 3 rings (SSSR count). The van der Waals surface area contributed by atoms with Crippen molar-refractivity contribution in [2.24, 2.45) is 40.7 Å². The Bertz CT molecular complexity index is 1370. The summed E-state index contributed by atoms with van der Waals surface area (Å²) >= 11 is 0. The van der Waals surface area contributed by atoms with Crippen LogP contribution in [0.25, 0.3) is 6.08 Å². The second-order valence-corrected chi connectivity index (χ2v) is 13.2. The van der Waals surface area contributed by atoms with E-state index in [9.17, 15) is 28.0 Å². The highest BCUT2D eigenvalue weighted by Gasteiger charge is 2.57. The van der Waals surface area contributed by atoms with Gasteiger partial charge in [-0.2, -0.15) is 8.42 Å². The van der Waals surface area contributed by atoms with Crippen molar-refractivity contribution in [3.63, 3.8) is 0 Å². The number of hydrogen-bond acceptors (Lipinski definition) is 8. The van der Waals surface area contributed by atoms with Crippen LogP contribution >= 0.6 is 0 Å². The van der Waals surface area contributed by atoms with E-state index in [1.54, 1.807) is 30.6 Å². The predicted molar refractivity (Wildman–Crippen MR) is 168 cm³/mol. The molecule has 1 aliphatic carbocycles. The molecule has 4 atom stereocenters. The summed E-state index contributed by atoms with van der Waals surface area (Å²) < 4.78 is 29.6. The lowest BCUT2D eigenvalue weighted by Crippen LogP contribution is -2.58. The molecule has 11 nitrogen and oxygen atoms in total. The summed E-state index contributed by atoms with van der Waals surface area (Å²) in [5.74, 6) is 1.54. The van der Waals surface area contributed by atoms with Gasteiger partial charge in [-0.1, -0.05) is 86.9 Å². The molecular formula is C32H46N4O7S. The third kappa shape index (κ3) is 9.54. The molecule has 0 radical (unpaired) electrons. The summed E-state index contributed by atoms with van der Waals surface area (Å²) in [6, 6.07) is 14.6. The number of Topliss-reactive ketones (excluding diaryl/α,β-unsaturated/α-hetero) is 1. The first-order valence-corrected chi connectivity index (χ1v) is 16.2. The highest BCUT2D eigenvalue weighted by atomic mass is 32.2. The quantitative estimate of drug-likeness (QED) is 0.0663. The topological polar surface area (TPSA) is 202 Å². The fraction of sp³-hybridized carbons (Fsp3) is 0.469. The molecule has 2 amide bonds. The van der Waals surface area contributed by atoms with E-state index in [0.29, 0.717) is 19.3 Å². The molecule has 2 aromatic carbocycles. The molecule has 1 saturated carbocycles. The number of nitrogens with one attached hydrogen (secondary N) is 2. The van der Waals surface area contributed by atoms with Gasteiger partial charge in [0.15, 0.2) is 5.78 Å². The fourth-order valence-electron chi connectivity index (χ4n) is 6.05. The molecule has 44 heavy (non-hydrogen) atoms. The first kappa shape index (κ1) is 36.8. The van der Waals surface area contributed by atoms with Crippen molar-refractivity contribution in [1.82, 2.24) is 10.9 Å². The van der Waals surface area contributed by atoms with Gasteiger partial charge in [-0.15, -0.1) is 0 Å². The first-order valence-electron chi connectivity index (χ1n) is 14.7. The summed E-state index contributed by atoms with van der Waals surface area (Å²) in [4.78, 5) is 40.1. The maximum atomic E-state index is 13.9. The zero-order chi connectivity index (χ0) is 33.1. The highest BCUT2D eigenvalue weighted by molar-refractivity contribution is 7.85. The van der Waals surface area contributed by atoms with E-state index < -0.39 is 45.2 Å². The number of carbonyl (C=O) groups excluding carboxylic acids is 3. The van der Waals surface area contributed by atoms with Crippen molar-refractivity contribution < 1.29 is 32.6 Å². The van der Waals surface area contributed by atoms with Crippen LogP contribution in [0.3, 0.4) is 0 Å². The number of aryl methyl sites for hydroxylation is 1. The SMILES string of the molecule is CC(C)C[C@@H](C(=O)NN)[C@H](C(=O)NO)C(/C=C/c1ccccc1)(C(=O)[C@@H](C)N)C1CCCC1.Cc1ccc(S(=O)(=O)O)cc1. The number of ketones is 1. The zero-order valence-corrected chi connectivity index (χ0v) is 26.6. The van der Waals surface area contributed by atoms with E-state index in [4.69, 9.17) is 16.1 Å². The van der Waals surface area contributed by atoms with Crippen molar-refractivity contribution in [1.29, 1.82) is 0 Å². The molecule has 0 saturated heterocycles. The molecule has 242 valence electrons. The standard InChI is InChI=1S/C25H38N4O4.C7H8O3S/c1-16(2)15-20(23(31)28-27)21(24(32)29-33)25(22(30)17(3)26,19-11-7-8-12-19)14-13-18-9-5-4-6-10-18;1-6-2-4-7(5-3-6)11(8,9)10/h4-6,9-10,13-14,16-17,19-21,33H,7-8,11-12,15,26-27H2,1-3H3,(H,28,31)(H,29,32);2-5H,1H3,(H,8,9,10)/b14-13+;/t17-,20-,21-,25?;/m1./s1. The Morgan fingerprint density at radius 1 is 1.00 bits per heavy atom. The van der Waals surface area contributed by atoms with Crippen molar-refractivity contribution in [2.75, 3.05) is 0 Å². The Hall–Kier alpha value is -3.42. The molecule has 1 aliphatic rings. The van der Waals surface area contributed by atoms with Crippen LogP contribution in [0.1, 0.15) is 64.0 Å². The van der Waals surface area contributed by atoms with E-state index >= 15 is 0 Å². The van der Waals surface area contributed by atoms with Crippen LogP contribution < -0.4 is 22.5 Å². The molecule has 0 aliphatic heterocycles. The van der Waals surface area contributed by atoms with E-state index in [0.717, 1.165) is 24.0 Å². The zero-order valence-electron chi connectivity index (χ0n) is 25.8. The van der Waals surface area contributed by atoms with Crippen LogP contribution in [-0.4, -0.2) is 41.8 Å². The maximum absolute atomic E-state index is 13.9. The number of hydrogen-bond donors (Lipinski definition) is 6. The number of allylic oxidation sites excluding steroid dienone is 1. The fourth-order valence-corrected chi connectivity index (χ4v) is 6.53. The molecule has 0 heterocycles. The molecule has 0 aromatic heterocycles. The van der Waals surface area contributed by atoms with Crippen molar-refractivity contribution in [3.05, 3.63) is 71.8 Å². The van der Waals surface area contributed by atoms with Gasteiger partial charge in [0.2, 0.25) is 11.8 Å². The van der Waals surface area contributed by atoms with E-state index in [1.807, 2.05) is 57.2 Å². The number of hydrazine groups is 1. The van der Waals surface area contributed by atoms with Crippen LogP contribution in [0.2, 0.25) is 0 Å². The van der Waals surface area contributed by atoms with Crippen LogP contribution in [-0.2, 0) is 24.5 Å². The largest absolute Gasteiger partial charge is 0.322 e. The number of nitrogens with two attached hydrogens (primary N) is 2. The van der Waals surface area contributed by atoms with Crippen molar-refractivity contribution >= 4 is 33.8 Å². The Balaban J connectivity index is 0.000000514. The predicted octanol–water partition coefficient (Wildman–Crippen LogP) is 3.81. The number of amides is 2. The Labute approximate surface area is 260 Å². The number of carbonyl (C=O) groups is 3. The first-order chi connectivity index (χ1) is 20.7. The van der Waals surface area contributed by atoms with E-state index in [1.165, 1.54) is 12.1 Å². The Morgan fingerprint density at radius 3 is 2.02 bits per heavy atom. The van der Waals surface area contributed by atoms with Gasteiger partial charge in [-0.05, 0) is 62.6 Å². The second kappa shape index (κ2) is 16.6. The van der Waals surface area contributed by atoms with Crippen LogP contribution in [0.5, 0.6) is 0 Å². The lowest BCUT2D eigenvalue weighted by atomic mass is 9.57. The minimum absolute atomic E-state index is 0.0334. The lowest BCUT2D eigenvalue weighted by Gasteiger charge is -2.45. The third-order valence-corrected chi connectivity index (χ3v) is 8.92. The van der Waals surface area contributed by atoms with Gasteiger partial charge in [0.05, 0.1) is 28.2 Å². The number of benzene rings is 2. The third-order valence-electron chi connectivity index (χ3n) is 8.06. The van der Waals surface area contributed by atoms with E-state index in [2.05, 4.69) is 5.43 Å². The minimum Gasteiger partial charge on any atom is -0.322 e. The molecule has 0 spiro atoms. The summed E-state index contributed by atoms with van der Waals surface area (Å²) in [5.41, 5.74) is 10.5. The molecule has 1 unspecified atom stereocenters. The van der Waals surface area contributed by atoms with Gasteiger partial charge >= 0.3 is 0 Å². The van der Waals surface area contributed by atoms with Crippen molar-refractivity contribution in [2.45, 2.75) is 70.7 Å². The molecule has 12 heteroatoms. The van der Waals surface area contributed by atoms with Crippen LogP contribution in [0, 0.1) is 36.0 Å².